The number of H-pyrrole nitrogens is 2. The van der Waals surface area contributed by atoms with Gasteiger partial charge in [0.15, 0.2) is 0 Å². The zero-order valence-electron chi connectivity index (χ0n) is 21.4. The number of hydrogen-bond donors (Lipinski definition) is 2. The molecular formula is C30H18N4O6S2. The summed E-state index contributed by atoms with van der Waals surface area (Å²) >= 11 is 0. The standard InChI is InChI=1S/C30H18N4O6S2/c35-27-17-9-1-5-13-21(17)31-25(19-11-3-7-15-23(19)33(37)38)29(27)41-42-30-26(20-12-4-8-16-24(20)34(39)40)32-22-14-6-2-10-18(22)28(30)36/h1-16H,(H,31,35)(H,32,36). The third-order valence-electron chi connectivity index (χ3n) is 6.68. The molecule has 0 aliphatic heterocycles. The van der Waals surface area contributed by atoms with Gasteiger partial charge < -0.3 is 9.97 Å². The lowest BCUT2D eigenvalue weighted by atomic mass is 10.1. The Morgan fingerprint density at radius 1 is 0.524 bits per heavy atom. The van der Waals surface area contributed by atoms with Crippen LogP contribution < -0.4 is 10.9 Å². The Morgan fingerprint density at radius 3 is 1.29 bits per heavy atom. The van der Waals surface area contributed by atoms with Gasteiger partial charge in [-0.25, -0.2) is 0 Å². The molecule has 12 heteroatoms. The third-order valence-corrected chi connectivity index (χ3v) is 9.12. The van der Waals surface area contributed by atoms with E-state index >= 15 is 0 Å². The summed E-state index contributed by atoms with van der Waals surface area (Å²) in [7, 11) is 1.93. The minimum Gasteiger partial charge on any atom is -0.353 e. The number of rotatable bonds is 7. The number of aromatic nitrogens is 2. The van der Waals surface area contributed by atoms with Crippen molar-refractivity contribution in [3.05, 3.63) is 138 Å². The Kier molecular flexibility index (Phi) is 7.07. The molecule has 4 aromatic carbocycles. The number of nitro benzene ring substituents is 2. The van der Waals surface area contributed by atoms with Crippen molar-refractivity contribution < 1.29 is 9.85 Å². The Morgan fingerprint density at radius 2 is 0.881 bits per heavy atom. The molecule has 206 valence electrons. The molecule has 0 atom stereocenters. The summed E-state index contributed by atoms with van der Waals surface area (Å²) in [6.07, 6.45) is 0. The number of aromatic amines is 2. The summed E-state index contributed by atoms with van der Waals surface area (Å²) in [5.41, 5.74) is 0.724. The SMILES string of the molecule is O=c1c(SSc2c(-c3ccccc3[N+](=O)[O-])[nH]c3ccccc3c2=O)c(-c2ccccc2[N+](=O)[O-])[nH]c2ccccc12. The van der Waals surface area contributed by atoms with E-state index in [4.69, 9.17) is 0 Å². The second-order valence-corrected chi connectivity index (χ2v) is 11.3. The molecule has 6 rings (SSSR count). The number of benzene rings is 4. The zero-order valence-corrected chi connectivity index (χ0v) is 23.0. The minimum atomic E-state index is -0.523. The van der Waals surface area contributed by atoms with Crippen LogP contribution in [-0.4, -0.2) is 19.8 Å². The van der Waals surface area contributed by atoms with Gasteiger partial charge in [-0.05, 0) is 58.0 Å². The van der Waals surface area contributed by atoms with E-state index in [1.165, 1.54) is 24.3 Å². The molecule has 0 unspecified atom stereocenters. The van der Waals surface area contributed by atoms with Gasteiger partial charge in [-0.3, -0.25) is 29.8 Å². The number of nitrogens with zero attached hydrogens (tertiary/aromatic N) is 2. The van der Waals surface area contributed by atoms with Crippen LogP contribution in [0.1, 0.15) is 0 Å². The highest BCUT2D eigenvalue weighted by atomic mass is 33.1. The van der Waals surface area contributed by atoms with E-state index in [1.54, 1.807) is 72.8 Å². The molecule has 0 saturated heterocycles. The summed E-state index contributed by atoms with van der Waals surface area (Å²) in [4.78, 5) is 57.0. The van der Waals surface area contributed by atoms with Crippen molar-refractivity contribution in [2.45, 2.75) is 9.79 Å². The van der Waals surface area contributed by atoms with Gasteiger partial charge in [0.2, 0.25) is 10.9 Å². The number of nitrogens with one attached hydrogen (secondary N) is 2. The molecule has 0 fully saturated rings. The Bertz CT molecular complexity index is 2020. The Labute approximate surface area is 244 Å². The van der Waals surface area contributed by atoms with E-state index in [-0.39, 0.29) is 54.5 Å². The molecule has 0 aliphatic rings. The van der Waals surface area contributed by atoms with Gasteiger partial charge in [-0.15, -0.1) is 0 Å². The van der Waals surface area contributed by atoms with Gasteiger partial charge in [-0.1, -0.05) is 48.5 Å². The molecule has 0 saturated carbocycles. The zero-order chi connectivity index (χ0) is 29.4. The first-order valence-corrected chi connectivity index (χ1v) is 14.6. The highest BCUT2D eigenvalue weighted by Gasteiger charge is 2.25. The first kappa shape index (κ1) is 27.0. The number of nitro groups is 2. The third kappa shape index (κ3) is 4.72. The Balaban J connectivity index is 1.58. The fraction of sp³-hybridized carbons (Fsp3) is 0. The predicted octanol–water partition coefficient (Wildman–Crippen LogP) is 7.32. The maximum Gasteiger partial charge on any atom is 0.278 e. The van der Waals surface area contributed by atoms with Crippen LogP contribution in [0.3, 0.4) is 0 Å². The van der Waals surface area contributed by atoms with Gasteiger partial charge in [0.1, 0.15) is 0 Å². The van der Waals surface area contributed by atoms with E-state index in [0.29, 0.717) is 21.8 Å². The summed E-state index contributed by atoms with van der Waals surface area (Å²) in [6.45, 7) is 0. The highest BCUT2D eigenvalue weighted by Crippen LogP contribution is 2.45. The topological polar surface area (TPSA) is 152 Å². The molecule has 2 aromatic heterocycles. The molecule has 0 amide bonds. The molecule has 42 heavy (non-hydrogen) atoms. The molecule has 2 N–H and O–H groups in total. The van der Waals surface area contributed by atoms with Crippen molar-refractivity contribution >= 4 is 54.8 Å². The first-order valence-electron chi connectivity index (χ1n) is 12.5. The highest BCUT2D eigenvalue weighted by molar-refractivity contribution is 8.76. The van der Waals surface area contributed by atoms with E-state index in [2.05, 4.69) is 9.97 Å². The van der Waals surface area contributed by atoms with Gasteiger partial charge in [0.25, 0.3) is 11.4 Å². The van der Waals surface area contributed by atoms with E-state index < -0.39 is 9.85 Å². The van der Waals surface area contributed by atoms with Crippen LogP contribution >= 0.6 is 21.6 Å². The molecule has 0 aliphatic carbocycles. The molecule has 0 spiro atoms. The summed E-state index contributed by atoms with van der Waals surface area (Å²) in [5.74, 6) is 0. The molecule has 0 bridgehead atoms. The predicted molar refractivity (Wildman–Crippen MR) is 165 cm³/mol. The van der Waals surface area contributed by atoms with Crippen LogP contribution in [0.15, 0.2) is 116 Å². The van der Waals surface area contributed by atoms with Crippen LogP contribution in [0.4, 0.5) is 11.4 Å². The number of hydrogen-bond acceptors (Lipinski definition) is 8. The number of fused-ring (bicyclic) bond motifs is 2. The van der Waals surface area contributed by atoms with Gasteiger partial charge in [0, 0.05) is 33.9 Å². The maximum atomic E-state index is 13.8. The van der Waals surface area contributed by atoms with Crippen molar-refractivity contribution in [3.8, 4) is 22.5 Å². The lowest BCUT2D eigenvalue weighted by Gasteiger charge is -2.14. The normalized spacial score (nSPS) is 11.1. The van der Waals surface area contributed by atoms with E-state index in [0.717, 1.165) is 21.6 Å². The summed E-state index contributed by atoms with van der Waals surface area (Å²) < 4.78 is 0. The molecule has 0 radical (unpaired) electrons. The minimum absolute atomic E-state index is 0.147. The van der Waals surface area contributed by atoms with Crippen LogP contribution in [-0.2, 0) is 0 Å². The summed E-state index contributed by atoms with van der Waals surface area (Å²) in [6, 6.07) is 25.8. The van der Waals surface area contributed by atoms with Crippen LogP contribution in [0.2, 0.25) is 0 Å². The van der Waals surface area contributed by atoms with Crippen molar-refractivity contribution in [2.75, 3.05) is 0 Å². The average Bonchev–Trinajstić information content (AvgIpc) is 3.01. The molecule has 2 heterocycles. The van der Waals surface area contributed by atoms with Crippen LogP contribution in [0.25, 0.3) is 44.3 Å². The maximum absolute atomic E-state index is 13.8. The Hall–Kier alpha value is -5.20. The van der Waals surface area contributed by atoms with Gasteiger partial charge in [-0.2, -0.15) is 0 Å². The van der Waals surface area contributed by atoms with Gasteiger partial charge >= 0.3 is 0 Å². The lowest BCUT2D eigenvalue weighted by molar-refractivity contribution is -0.384. The number of para-hydroxylation sites is 4. The quantitative estimate of drug-likeness (QED) is 0.111. The van der Waals surface area contributed by atoms with Crippen molar-refractivity contribution in [1.82, 2.24) is 9.97 Å². The average molecular weight is 595 g/mol. The molecular weight excluding hydrogens is 576 g/mol. The lowest BCUT2D eigenvalue weighted by Crippen LogP contribution is -2.10. The first-order chi connectivity index (χ1) is 20.3. The largest absolute Gasteiger partial charge is 0.353 e. The molecule has 6 aromatic rings. The van der Waals surface area contributed by atoms with Crippen LogP contribution in [0, 0.1) is 20.2 Å². The second-order valence-electron chi connectivity index (χ2n) is 9.12. The monoisotopic (exact) mass is 594 g/mol. The van der Waals surface area contributed by atoms with Crippen molar-refractivity contribution in [3.63, 3.8) is 0 Å². The smallest absolute Gasteiger partial charge is 0.278 e. The van der Waals surface area contributed by atoms with E-state index in [1.807, 2.05) is 0 Å². The van der Waals surface area contributed by atoms with Gasteiger partial charge in [0.05, 0.1) is 42.2 Å². The van der Waals surface area contributed by atoms with Crippen molar-refractivity contribution in [2.24, 2.45) is 0 Å². The van der Waals surface area contributed by atoms with Crippen molar-refractivity contribution in [1.29, 1.82) is 0 Å². The summed E-state index contributed by atoms with van der Waals surface area (Å²) in [5, 5.41) is 24.5. The van der Waals surface area contributed by atoms with E-state index in [9.17, 15) is 29.8 Å². The number of pyridine rings is 2. The van der Waals surface area contributed by atoms with Crippen LogP contribution in [0.5, 0.6) is 0 Å². The second kappa shape index (κ2) is 11.0. The fourth-order valence-corrected chi connectivity index (χ4v) is 7.23. The fourth-order valence-electron chi connectivity index (χ4n) is 4.74. The molecule has 10 nitrogen and oxygen atoms in total.